The molecule has 12 nitrogen and oxygen atoms in total. The first-order valence-electron chi connectivity index (χ1n) is 22.0. The van der Waals surface area contributed by atoms with E-state index in [9.17, 15) is 0 Å². The van der Waals surface area contributed by atoms with Crippen LogP contribution in [0.1, 0.15) is 101 Å². The molecule has 0 fully saturated rings. The third-order valence-corrected chi connectivity index (χ3v) is 14.2. The first-order valence-corrected chi connectivity index (χ1v) is 22.0. The number of benzene rings is 7. The minimum Gasteiger partial charge on any atom is -0.268 e. The Morgan fingerprint density at radius 2 is 0.719 bits per heavy atom. The van der Waals surface area contributed by atoms with Crippen molar-refractivity contribution in [3.63, 3.8) is 0 Å². The van der Waals surface area contributed by atoms with Gasteiger partial charge in [-0.2, -0.15) is 10.2 Å². The molecule has 0 unspecified atom stereocenters. The van der Waals surface area contributed by atoms with Crippen molar-refractivity contribution < 1.29 is 0 Å². The smallest absolute Gasteiger partial charge is 0.266 e. The van der Waals surface area contributed by atoms with Crippen molar-refractivity contribution in [2.24, 2.45) is 0 Å². The first kappa shape index (κ1) is 37.0. The Balaban J connectivity index is 1.33. The van der Waals surface area contributed by atoms with Gasteiger partial charge < -0.3 is 0 Å². The van der Waals surface area contributed by atoms with Crippen molar-refractivity contribution in [1.29, 1.82) is 0 Å². The second kappa shape index (κ2) is 12.1. The summed E-state index contributed by atoms with van der Waals surface area (Å²) in [7, 11) is 0. The molecule has 64 heavy (non-hydrogen) atoms. The zero-order valence-corrected chi connectivity index (χ0v) is 36.4. The van der Waals surface area contributed by atoms with E-state index in [4.69, 9.17) is 20.2 Å². The van der Waals surface area contributed by atoms with E-state index in [2.05, 4.69) is 55.4 Å². The summed E-state index contributed by atoms with van der Waals surface area (Å²) < 4.78 is 6.24. The molecule has 0 aliphatic carbocycles. The molecule has 6 heterocycles. The first-order chi connectivity index (χ1) is 30.8. The Morgan fingerprint density at radius 1 is 0.391 bits per heavy atom. The molecular formula is C52H40N8O4. The molecule has 0 aliphatic rings. The van der Waals surface area contributed by atoms with Gasteiger partial charge in [0.15, 0.2) is 11.3 Å². The number of aromatic nitrogens is 8. The van der Waals surface area contributed by atoms with Crippen LogP contribution in [0.4, 0.5) is 0 Å². The van der Waals surface area contributed by atoms with Crippen molar-refractivity contribution in [3.8, 4) is 11.4 Å². The fraction of sp³-hybridized carbons (Fsp3) is 0.231. The van der Waals surface area contributed by atoms with E-state index in [0.717, 1.165) is 54.6 Å². The van der Waals surface area contributed by atoms with Crippen LogP contribution in [0.2, 0.25) is 0 Å². The van der Waals surface area contributed by atoms with Crippen LogP contribution in [-0.4, -0.2) is 38.3 Å². The number of hydrogen-bond donors (Lipinski definition) is 0. The SMILES string of the molecule is CC(C)c1cccc(C(C)C)c1-n1c(=O)c2cc3c4c5c2c(cc2c5c5c(cc6c(=O)n(-c7c(C(C)C)cccc7C(C)C)c(=O)c7cc(c4c5c67)n4ncnc34)c3ncnn23)c1=O. The predicted octanol–water partition coefficient (Wildman–Crippen LogP) is 9.70. The number of hydrogen-bond acceptors (Lipinski definition) is 8. The maximum Gasteiger partial charge on any atom is 0.266 e. The van der Waals surface area contributed by atoms with Gasteiger partial charge in [0, 0.05) is 64.6 Å². The summed E-state index contributed by atoms with van der Waals surface area (Å²) in [5, 5.41) is 18.0. The van der Waals surface area contributed by atoms with Gasteiger partial charge in [-0.15, -0.1) is 0 Å². The monoisotopic (exact) mass is 840 g/mol. The second-order valence-corrected chi connectivity index (χ2v) is 18.9. The van der Waals surface area contributed by atoms with Gasteiger partial charge in [-0.1, -0.05) is 91.8 Å². The Labute approximate surface area is 362 Å². The third-order valence-electron chi connectivity index (χ3n) is 14.2. The van der Waals surface area contributed by atoms with E-state index in [1.807, 2.05) is 60.7 Å². The molecule has 0 radical (unpaired) electrons. The normalized spacial score (nSPS) is 13.2. The zero-order valence-electron chi connectivity index (χ0n) is 36.4. The van der Waals surface area contributed by atoms with E-state index in [0.29, 0.717) is 76.8 Å². The summed E-state index contributed by atoms with van der Waals surface area (Å²) in [5.41, 5.74) is 5.40. The summed E-state index contributed by atoms with van der Waals surface area (Å²) >= 11 is 0. The second-order valence-electron chi connectivity index (χ2n) is 18.9. The minimum atomic E-state index is -0.420. The molecule has 0 saturated carbocycles. The Morgan fingerprint density at radius 3 is 1.05 bits per heavy atom. The summed E-state index contributed by atoms with van der Waals surface area (Å²) in [6.45, 7) is 16.6. The van der Waals surface area contributed by atoms with Gasteiger partial charge in [0.05, 0.1) is 33.2 Å². The predicted molar refractivity (Wildman–Crippen MR) is 256 cm³/mol. The van der Waals surface area contributed by atoms with Crippen LogP contribution in [0.5, 0.6) is 0 Å². The molecule has 13 rings (SSSR count). The standard InChI is InChI=1S/C52H40N8O4/c1-21(2)25-11-9-12-26(22(3)4)45(25)57-49(61)31-15-29-39-42-36(60-47(29)53-19-56-60)18-34-38-32(50(62)58(52(34)64)46-27(23(5)6)13-10-14-28(46)24(7)8)16-30-40(44(38)42)41-35(59-48(30)54-20-55-59)17-33(51(57)63)37(31)43(39)41/h9-24H,1-8H3. The highest BCUT2D eigenvalue weighted by Gasteiger charge is 2.33. The average molecular weight is 841 g/mol. The molecule has 12 heteroatoms. The van der Waals surface area contributed by atoms with Crippen LogP contribution >= 0.6 is 0 Å². The van der Waals surface area contributed by atoms with Crippen LogP contribution in [0, 0.1) is 0 Å². The highest BCUT2D eigenvalue weighted by molar-refractivity contribution is 6.50. The minimum absolute atomic E-state index is 0.0214. The Bertz CT molecular complexity index is 3880. The molecule has 6 aromatic heterocycles. The molecule has 312 valence electrons. The van der Waals surface area contributed by atoms with E-state index in [-0.39, 0.29) is 23.7 Å². The Hall–Kier alpha value is -7.60. The Kier molecular flexibility index (Phi) is 7.00. The van der Waals surface area contributed by atoms with Crippen LogP contribution in [0.3, 0.4) is 0 Å². The lowest BCUT2D eigenvalue weighted by Crippen LogP contribution is -2.34. The molecule has 13 aromatic rings. The molecular weight excluding hydrogens is 801 g/mol. The molecule has 0 amide bonds. The van der Waals surface area contributed by atoms with Crippen LogP contribution in [0.25, 0.3) is 109 Å². The summed E-state index contributed by atoms with van der Waals surface area (Å²) in [5.74, 6) is 0.0857. The molecule has 0 N–H and O–H groups in total. The van der Waals surface area contributed by atoms with Crippen LogP contribution < -0.4 is 22.2 Å². The van der Waals surface area contributed by atoms with E-state index in [1.54, 1.807) is 9.03 Å². The van der Waals surface area contributed by atoms with Gasteiger partial charge in [-0.3, -0.25) is 19.2 Å². The maximum atomic E-state index is 15.4. The fourth-order valence-corrected chi connectivity index (χ4v) is 11.4. The molecule has 0 aliphatic heterocycles. The summed E-state index contributed by atoms with van der Waals surface area (Å²) in [6, 6.07) is 19.4. The van der Waals surface area contributed by atoms with Crippen LogP contribution in [-0.2, 0) is 0 Å². The van der Waals surface area contributed by atoms with Crippen LogP contribution in [0.15, 0.2) is 92.5 Å². The number of pyridine rings is 4. The van der Waals surface area contributed by atoms with Gasteiger partial charge in [0.1, 0.15) is 12.7 Å². The molecule has 0 bridgehead atoms. The highest BCUT2D eigenvalue weighted by Crippen LogP contribution is 2.52. The fourth-order valence-electron chi connectivity index (χ4n) is 11.4. The van der Waals surface area contributed by atoms with Crippen molar-refractivity contribution in [3.05, 3.63) is 137 Å². The van der Waals surface area contributed by atoms with Gasteiger partial charge >= 0.3 is 0 Å². The number of fused-ring (bicyclic) bond motifs is 6. The van der Waals surface area contributed by atoms with Crippen molar-refractivity contribution in [2.45, 2.75) is 79.1 Å². The maximum absolute atomic E-state index is 15.4. The average Bonchev–Trinajstić information content (AvgIpc) is 3.98. The molecule has 0 spiro atoms. The number of para-hydroxylation sites is 2. The topological polar surface area (TPSA) is 139 Å². The van der Waals surface area contributed by atoms with Gasteiger partial charge in [0.25, 0.3) is 22.2 Å². The van der Waals surface area contributed by atoms with Crippen molar-refractivity contribution in [1.82, 2.24) is 38.3 Å². The number of rotatable bonds is 6. The summed E-state index contributed by atoms with van der Waals surface area (Å²) in [4.78, 5) is 71.3. The van der Waals surface area contributed by atoms with Gasteiger partial charge in [-0.05, 0) is 70.2 Å². The zero-order chi connectivity index (χ0) is 44.1. The highest BCUT2D eigenvalue weighted by atomic mass is 16.2. The molecule has 7 aromatic carbocycles. The van der Waals surface area contributed by atoms with Gasteiger partial charge in [-0.25, -0.2) is 28.1 Å². The summed E-state index contributed by atoms with van der Waals surface area (Å²) in [6.07, 6.45) is 2.97. The van der Waals surface area contributed by atoms with E-state index < -0.39 is 22.2 Å². The van der Waals surface area contributed by atoms with Crippen molar-refractivity contribution in [2.75, 3.05) is 0 Å². The van der Waals surface area contributed by atoms with E-state index >= 15 is 19.2 Å². The largest absolute Gasteiger partial charge is 0.268 e. The molecule has 0 saturated heterocycles. The van der Waals surface area contributed by atoms with Crippen molar-refractivity contribution >= 4 is 97.7 Å². The molecule has 0 atom stereocenters. The lowest BCUT2D eigenvalue weighted by atomic mass is 9.82. The quantitative estimate of drug-likeness (QED) is 0.119. The lowest BCUT2D eigenvalue weighted by Gasteiger charge is -2.25. The van der Waals surface area contributed by atoms with E-state index in [1.165, 1.54) is 21.8 Å². The third kappa shape index (κ3) is 4.19. The van der Waals surface area contributed by atoms with Gasteiger partial charge in [0.2, 0.25) is 0 Å². The number of nitrogens with zero attached hydrogens (tertiary/aromatic N) is 8. The lowest BCUT2D eigenvalue weighted by molar-refractivity contribution is 0.792.